The van der Waals surface area contributed by atoms with Crippen LogP contribution in [0.2, 0.25) is 0 Å². The first-order chi connectivity index (χ1) is 13.1. The van der Waals surface area contributed by atoms with Crippen LogP contribution in [0.25, 0.3) is 0 Å². The number of pyridine rings is 1. The third-order valence-electron chi connectivity index (χ3n) is 4.52. The second kappa shape index (κ2) is 11.1. The number of aromatic nitrogens is 3. The van der Waals surface area contributed by atoms with Gasteiger partial charge in [0.05, 0.1) is 13.5 Å². The van der Waals surface area contributed by atoms with E-state index in [1.807, 2.05) is 25.2 Å². The van der Waals surface area contributed by atoms with Gasteiger partial charge in [-0.25, -0.2) is 15.0 Å². The monoisotopic (exact) mass is 372 g/mol. The average molecular weight is 372 g/mol. The van der Waals surface area contributed by atoms with Crippen molar-refractivity contribution in [2.75, 3.05) is 19.5 Å². The number of rotatable bonds is 12. The standard InChI is InChI=1S/C20H28N4O3/c1-21-18-11-7-10-17(24-18)9-6-4-3-5-8-15(12-19(25)26)16-13-22-20(27-2)23-14-16/h7,10-11,13-15H,3-6,8-9,12H2,1-2H3,(H,21,24)(H,25,26)/t15-/m0/s1. The molecule has 2 aromatic rings. The van der Waals surface area contributed by atoms with Crippen LogP contribution in [0.3, 0.4) is 0 Å². The van der Waals surface area contributed by atoms with Crippen molar-refractivity contribution in [3.05, 3.63) is 41.9 Å². The molecular formula is C20H28N4O3. The molecule has 0 aliphatic heterocycles. The lowest BCUT2D eigenvalue weighted by molar-refractivity contribution is -0.137. The van der Waals surface area contributed by atoms with Crippen LogP contribution in [0.1, 0.15) is 55.7 Å². The summed E-state index contributed by atoms with van der Waals surface area (Å²) in [4.78, 5) is 23.9. The molecule has 0 aliphatic rings. The summed E-state index contributed by atoms with van der Waals surface area (Å²) in [6.07, 6.45) is 9.43. The molecule has 0 saturated heterocycles. The van der Waals surface area contributed by atoms with Gasteiger partial charge in [-0.2, -0.15) is 0 Å². The molecule has 2 N–H and O–H groups in total. The Labute approximate surface area is 160 Å². The second-order valence-electron chi connectivity index (χ2n) is 6.51. The Kier molecular flexibility index (Phi) is 8.48. The van der Waals surface area contributed by atoms with Gasteiger partial charge in [-0.05, 0) is 42.9 Å². The molecule has 1 atom stereocenters. The molecule has 7 heteroatoms. The fourth-order valence-corrected chi connectivity index (χ4v) is 3.05. The van der Waals surface area contributed by atoms with Gasteiger partial charge in [-0.3, -0.25) is 4.79 Å². The quantitative estimate of drug-likeness (QED) is 0.549. The number of hydrogen-bond acceptors (Lipinski definition) is 6. The number of methoxy groups -OCH3 is 1. The molecular weight excluding hydrogens is 344 g/mol. The van der Waals surface area contributed by atoms with E-state index in [-0.39, 0.29) is 12.3 Å². The summed E-state index contributed by atoms with van der Waals surface area (Å²) in [5.41, 5.74) is 1.95. The SMILES string of the molecule is CNc1cccc(CCCCCC[C@@H](CC(=O)O)c2cnc(OC)nc2)n1. The van der Waals surface area contributed by atoms with Crippen molar-refractivity contribution in [2.45, 2.75) is 50.9 Å². The average Bonchev–Trinajstić information content (AvgIpc) is 2.69. The van der Waals surface area contributed by atoms with Crippen LogP contribution >= 0.6 is 0 Å². The van der Waals surface area contributed by atoms with Gasteiger partial charge in [0.1, 0.15) is 5.82 Å². The van der Waals surface area contributed by atoms with E-state index in [1.54, 1.807) is 12.4 Å². The number of unbranched alkanes of at least 4 members (excludes halogenated alkanes) is 3. The van der Waals surface area contributed by atoms with Gasteiger partial charge in [0.15, 0.2) is 0 Å². The van der Waals surface area contributed by atoms with Gasteiger partial charge in [0, 0.05) is 25.1 Å². The summed E-state index contributed by atoms with van der Waals surface area (Å²) < 4.78 is 4.96. The normalized spacial score (nSPS) is 11.8. The fourth-order valence-electron chi connectivity index (χ4n) is 3.05. The lowest BCUT2D eigenvalue weighted by Crippen LogP contribution is -2.08. The number of nitrogens with zero attached hydrogens (tertiary/aromatic N) is 3. The Morgan fingerprint density at radius 3 is 2.59 bits per heavy atom. The molecule has 27 heavy (non-hydrogen) atoms. The molecule has 146 valence electrons. The highest BCUT2D eigenvalue weighted by atomic mass is 16.5. The summed E-state index contributed by atoms with van der Waals surface area (Å²) in [5, 5.41) is 12.2. The lowest BCUT2D eigenvalue weighted by atomic mass is 9.92. The molecule has 0 aliphatic carbocycles. The number of carbonyl (C=O) groups is 1. The summed E-state index contributed by atoms with van der Waals surface area (Å²) in [6.45, 7) is 0. The van der Waals surface area contributed by atoms with E-state index < -0.39 is 5.97 Å². The second-order valence-corrected chi connectivity index (χ2v) is 6.51. The smallest absolute Gasteiger partial charge is 0.316 e. The molecule has 0 aromatic carbocycles. The Morgan fingerprint density at radius 2 is 1.93 bits per heavy atom. The highest BCUT2D eigenvalue weighted by Gasteiger charge is 2.16. The van der Waals surface area contributed by atoms with Crippen molar-refractivity contribution < 1.29 is 14.6 Å². The number of aryl methyl sites for hydroxylation is 1. The zero-order chi connectivity index (χ0) is 19.5. The molecule has 0 bridgehead atoms. The maximum atomic E-state index is 11.2. The molecule has 0 amide bonds. The molecule has 2 aromatic heterocycles. The van der Waals surface area contributed by atoms with Gasteiger partial charge in [0.25, 0.3) is 0 Å². The summed E-state index contributed by atoms with van der Waals surface area (Å²) >= 11 is 0. The minimum Gasteiger partial charge on any atom is -0.481 e. The zero-order valence-electron chi connectivity index (χ0n) is 16.0. The molecule has 0 unspecified atom stereocenters. The first-order valence-electron chi connectivity index (χ1n) is 9.33. The summed E-state index contributed by atoms with van der Waals surface area (Å²) in [5.74, 6) is 0.0272. The van der Waals surface area contributed by atoms with E-state index in [9.17, 15) is 9.90 Å². The first-order valence-corrected chi connectivity index (χ1v) is 9.33. The van der Waals surface area contributed by atoms with Crippen molar-refractivity contribution in [1.82, 2.24) is 15.0 Å². The van der Waals surface area contributed by atoms with Crippen LogP contribution in [0.4, 0.5) is 5.82 Å². The predicted octanol–water partition coefficient (Wildman–Crippen LogP) is 3.67. The number of nitrogens with one attached hydrogen (secondary N) is 1. The molecule has 2 rings (SSSR count). The largest absolute Gasteiger partial charge is 0.481 e. The summed E-state index contributed by atoms with van der Waals surface area (Å²) in [6, 6.07) is 6.31. The Balaban J connectivity index is 1.75. The maximum Gasteiger partial charge on any atom is 0.316 e. The highest BCUT2D eigenvalue weighted by molar-refractivity contribution is 5.68. The van der Waals surface area contributed by atoms with Crippen molar-refractivity contribution >= 4 is 11.8 Å². The molecule has 0 spiro atoms. The van der Waals surface area contributed by atoms with E-state index in [0.29, 0.717) is 6.01 Å². The number of anilines is 1. The minimum absolute atomic E-state index is 0.0672. The molecule has 0 saturated carbocycles. The molecule has 0 fully saturated rings. The van der Waals surface area contributed by atoms with E-state index >= 15 is 0 Å². The summed E-state index contributed by atoms with van der Waals surface area (Å²) in [7, 11) is 3.38. The van der Waals surface area contributed by atoms with E-state index in [0.717, 1.165) is 55.6 Å². The maximum absolute atomic E-state index is 11.2. The highest BCUT2D eigenvalue weighted by Crippen LogP contribution is 2.26. The topological polar surface area (TPSA) is 97.2 Å². The molecule has 2 heterocycles. The first kappa shape index (κ1) is 20.6. The van der Waals surface area contributed by atoms with Crippen molar-refractivity contribution in [1.29, 1.82) is 0 Å². The van der Waals surface area contributed by atoms with Crippen molar-refractivity contribution in [2.24, 2.45) is 0 Å². The van der Waals surface area contributed by atoms with Crippen LogP contribution in [0, 0.1) is 0 Å². The third kappa shape index (κ3) is 7.21. The lowest BCUT2D eigenvalue weighted by Gasteiger charge is -2.14. The number of carboxylic acids is 1. The van der Waals surface area contributed by atoms with Crippen molar-refractivity contribution in [3.63, 3.8) is 0 Å². The van der Waals surface area contributed by atoms with Gasteiger partial charge >= 0.3 is 12.0 Å². The Hall–Kier alpha value is -2.70. The number of ether oxygens (including phenoxy) is 1. The molecule has 0 radical (unpaired) electrons. The number of aliphatic carboxylic acids is 1. The Bertz CT molecular complexity index is 707. The number of hydrogen-bond donors (Lipinski definition) is 2. The van der Waals surface area contributed by atoms with Gasteiger partial charge in [-0.15, -0.1) is 0 Å². The third-order valence-corrected chi connectivity index (χ3v) is 4.52. The van der Waals surface area contributed by atoms with Gasteiger partial charge < -0.3 is 15.2 Å². The van der Waals surface area contributed by atoms with Crippen LogP contribution < -0.4 is 10.1 Å². The van der Waals surface area contributed by atoms with Gasteiger partial charge in [-0.1, -0.05) is 25.3 Å². The van der Waals surface area contributed by atoms with Crippen LogP contribution in [0.15, 0.2) is 30.6 Å². The van der Waals surface area contributed by atoms with Crippen LogP contribution in [-0.4, -0.2) is 40.2 Å². The van der Waals surface area contributed by atoms with Gasteiger partial charge in [0.2, 0.25) is 0 Å². The van der Waals surface area contributed by atoms with E-state index in [1.165, 1.54) is 7.11 Å². The Morgan fingerprint density at radius 1 is 1.19 bits per heavy atom. The van der Waals surface area contributed by atoms with Crippen LogP contribution in [0.5, 0.6) is 6.01 Å². The van der Waals surface area contributed by atoms with E-state index in [4.69, 9.17) is 4.74 Å². The molecule has 7 nitrogen and oxygen atoms in total. The number of carboxylic acid groups (broad SMARTS) is 1. The zero-order valence-corrected chi connectivity index (χ0v) is 16.0. The predicted molar refractivity (Wildman–Crippen MR) is 104 cm³/mol. The van der Waals surface area contributed by atoms with Crippen LogP contribution in [-0.2, 0) is 11.2 Å². The minimum atomic E-state index is -0.800. The fraction of sp³-hybridized carbons (Fsp3) is 0.500. The van der Waals surface area contributed by atoms with Crippen molar-refractivity contribution in [3.8, 4) is 6.01 Å². The van der Waals surface area contributed by atoms with E-state index in [2.05, 4.69) is 20.3 Å².